The smallest absolute Gasteiger partial charge is 0.0610 e. The van der Waals surface area contributed by atoms with Gasteiger partial charge >= 0.3 is 0 Å². The Hall–Kier alpha value is -0.0800. The molecule has 1 fully saturated rings. The van der Waals surface area contributed by atoms with Crippen LogP contribution in [-0.4, -0.2) is 23.3 Å². The van der Waals surface area contributed by atoms with Crippen molar-refractivity contribution in [3.8, 4) is 0 Å². The Balaban J connectivity index is 2.34. The normalized spacial score (nSPS) is 31.2. The highest BCUT2D eigenvalue weighted by molar-refractivity contribution is 4.87. The topological polar surface area (TPSA) is 32.3 Å². The first-order valence-electron chi connectivity index (χ1n) is 6.52. The van der Waals surface area contributed by atoms with Gasteiger partial charge in [0.15, 0.2) is 0 Å². The van der Waals surface area contributed by atoms with Crippen LogP contribution in [0.5, 0.6) is 0 Å². The van der Waals surface area contributed by atoms with Gasteiger partial charge in [-0.25, -0.2) is 0 Å². The van der Waals surface area contributed by atoms with Gasteiger partial charge in [0.05, 0.1) is 6.61 Å². The second kappa shape index (κ2) is 5.86. The molecule has 0 aromatic heterocycles. The summed E-state index contributed by atoms with van der Waals surface area (Å²) in [5, 5.41) is 13.0. The van der Waals surface area contributed by atoms with Gasteiger partial charge in [-0.05, 0) is 44.9 Å². The molecule has 2 heteroatoms. The Bertz CT molecular complexity index is 169. The van der Waals surface area contributed by atoms with E-state index in [0.29, 0.717) is 6.04 Å². The highest BCUT2D eigenvalue weighted by Crippen LogP contribution is 2.27. The molecule has 1 atom stereocenters. The quantitative estimate of drug-likeness (QED) is 0.736. The minimum atomic E-state index is -0.0658. The van der Waals surface area contributed by atoms with E-state index >= 15 is 0 Å². The zero-order chi connectivity index (χ0) is 11.3. The van der Waals surface area contributed by atoms with Gasteiger partial charge in [-0.2, -0.15) is 0 Å². The summed E-state index contributed by atoms with van der Waals surface area (Å²) in [5.41, 5.74) is -0.0658. The second-order valence-corrected chi connectivity index (χ2v) is 5.34. The first-order valence-corrected chi connectivity index (χ1v) is 6.52. The monoisotopic (exact) mass is 213 g/mol. The largest absolute Gasteiger partial charge is 0.394 e. The molecule has 0 amide bonds. The third kappa shape index (κ3) is 3.76. The number of aliphatic hydroxyl groups excluding tert-OH is 1. The lowest BCUT2D eigenvalue weighted by atomic mass is 9.83. The van der Waals surface area contributed by atoms with Crippen molar-refractivity contribution in [2.45, 2.75) is 70.9 Å². The van der Waals surface area contributed by atoms with Crippen LogP contribution in [0.2, 0.25) is 0 Å². The molecule has 0 spiro atoms. The zero-order valence-corrected chi connectivity index (χ0v) is 10.6. The predicted octanol–water partition coefficient (Wildman–Crippen LogP) is 2.71. The van der Waals surface area contributed by atoms with E-state index in [4.69, 9.17) is 0 Å². The third-order valence-corrected chi connectivity index (χ3v) is 4.11. The van der Waals surface area contributed by atoms with Crippen LogP contribution in [-0.2, 0) is 0 Å². The van der Waals surface area contributed by atoms with E-state index in [9.17, 15) is 5.11 Å². The Kier molecular flexibility index (Phi) is 5.07. The molecular formula is C13H27NO. The Morgan fingerprint density at radius 2 is 1.80 bits per heavy atom. The summed E-state index contributed by atoms with van der Waals surface area (Å²) < 4.78 is 0. The van der Waals surface area contributed by atoms with Crippen LogP contribution in [0.1, 0.15) is 59.3 Å². The molecule has 2 N–H and O–H groups in total. The van der Waals surface area contributed by atoms with Crippen molar-refractivity contribution in [2.24, 2.45) is 5.92 Å². The number of nitrogens with one attached hydrogen (secondary N) is 1. The van der Waals surface area contributed by atoms with Crippen LogP contribution in [0.25, 0.3) is 0 Å². The molecule has 90 valence electrons. The van der Waals surface area contributed by atoms with E-state index in [1.807, 2.05) is 0 Å². The zero-order valence-electron chi connectivity index (χ0n) is 10.6. The maximum atomic E-state index is 9.35. The maximum absolute atomic E-state index is 9.35. The average Bonchev–Trinajstić information content (AvgIpc) is 2.30. The highest BCUT2D eigenvalue weighted by Gasteiger charge is 2.27. The van der Waals surface area contributed by atoms with Crippen LogP contribution >= 0.6 is 0 Å². The Morgan fingerprint density at radius 3 is 2.20 bits per heavy atom. The van der Waals surface area contributed by atoms with Crippen LogP contribution < -0.4 is 5.32 Å². The number of hydrogen-bond acceptors (Lipinski definition) is 2. The van der Waals surface area contributed by atoms with Crippen molar-refractivity contribution in [3.05, 3.63) is 0 Å². The van der Waals surface area contributed by atoms with Crippen molar-refractivity contribution >= 4 is 0 Å². The van der Waals surface area contributed by atoms with E-state index in [1.54, 1.807) is 0 Å². The number of aliphatic hydroxyl groups is 1. The lowest BCUT2D eigenvalue weighted by Crippen LogP contribution is -2.51. The molecule has 0 bridgehead atoms. The minimum Gasteiger partial charge on any atom is -0.394 e. The number of rotatable bonds is 5. The summed E-state index contributed by atoms with van der Waals surface area (Å²) in [7, 11) is 0. The molecule has 2 nitrogen and oxygen atoms in total. The van der Waals surface area contributed by atoms with Gasteiger partial charge < -0.3 is 10.4 Å². The fourth-order valence-corrected chi connectivity index (χ4v) is 2.47. The second-order valence-electron chi connectivity index (χ2n) is 5.34. The first kappa shape index (κ1) is 13.0. The first-order chi connectivity index (χ1) is 7.13. The lowest BCUT2D eigenvalue weighted by molar-refractivity contribution is 0.140. The molecule has 1 aliphatic carbocycles. The molecule has 1 saturated carbocycles. The van der Waals surface area contributed by atoms with Crippen molar-refractivity contribution < 1.29 is 5.11 Å². The van der Waals surface area contributed by atoms with E-state index in [-0.39, 0.29) is 12.1 Å². The fourth-order valence-electron chi connectivity index (χ4n) is 2.47. The van der Waals surface area contributed by atoms with Crippen molar-refractivity contribution in [1.29, 1.82) is 0 Å². The summed E-state index contributed by atoms with van der Waals surface area (Å²) in [6.07, 6.45) is 7.62. The third-order valence-electron chi connectivity index (χ3n) is 4.11. The molecule has 0 heterocycles. The van der Waals surface area contributed by atoms with Crippen LogP contribution in [0, 0.1) is 5.92 Å². The number of hydrogen-bond donors (Lipinski definition) is 2. The van der Waals surface area contributed by atoms with Crippen molar-refractivity contribution in [3.63, 3.8) is 0 Å². The molecular weight excluding hydrogens is 186 g/mol. The summed E-state index contributed by atoms with van der Waals surface area (Å²) in [4.78, 5) is 0. The fraction of sp³-hybridized carbons (Fsp3) is 1.00. The minimum absolute atomic E-state index is 0.0658. The van der Waals surface area contributed by atoms with Crippen molar-refractivity contribution in [2.75, 3.05) is 6.61 Å². The Morgan fingerprint density at radius 1 is 1.20 bits per heavy atom. The van der Waals surface area contributed by atoms with E-state index < -0.39 is 0 Å². The highest BCUT2D eigenvalue weighted by atomic mass is 16.3. The molecule has 0 radical (unpaired) electrons. The van der Waals surface area contributed by atoms with Gasteiger partial charge in [0, 0.05) is 11.6 Å². The van der Waals surface area contributed by atoms with Crippen LogP contribution in [0.4, 0.5) is 0 Å². The SMILES string of the molecule is CCC1CCC(NC(C)(CC)CO)CC1. The summed E-state index contributed by atoms with van der Waals surface area (Å²) in [6.45, 7) is 6.80. The van der Waals surface area contributed by atoms with E-state index in [1.165, 1.54) is 32.1 Å². The molecule has 1 rings (SSSR count). The van der Waals surface area contributed by atoms with Gasteiger partial charge in [-0.15, -0.1) is 0 Å². The molecule has 0 aromatic carbocycles. The predicted molar refractivity (Wildman–Crippen MR) is 65.0 cm³/mol. The van der Waals surface area contributed by atoms with Crippen LogP contribution in [0.3, 0.4) is 0 Å². The molecule has 15 heavy (non-hydrogen) atoms. The average molecular weight is 213 g/mol. The summed E-state index contributed by atoms with van der Waals surface area (Å²) >= 11 is 0. The standard InChI is InChI=1S/C13H27NO/c1-4-11-6-8-12(9-7-11)14-13(3,5-2)10-15/h11-12,14-15H,4-10H2,1-3H3. The lowest BCUT2D eigenvalue weighted by Gasteiger charge is -2.36. The van der Waals surface area contributed by atoms with Gasteiger partial charge in [-0.3, -0.25) is 0 Å². The van der Waals surface area contributed by atoms with Crippen molar-refractivity contribution in [1.82, 2.24) is 5.32 Å². The van der Waals surface area contributed by atoms with Gasteiger partial charge in [0.25, 0.3) is 0 Å². The molecule has 1 unspecified atom stereocenters. The molecule has 0 saturated heterocycles. The molecule has 0 aromatic rings. The summed E-state index contributed by atoms with van der Waals surface area (Å²) in [5.74, 6) is 0.949. The van der Waals surface area contributed by atoms with E-state index in [2.05, 4.69) is 26.1 Å². The van der Waals surface area contributed by atoms with E-state index in [0.717, 1.165) is 12.3 Å². The molecule has 1 aliphatic rings. The maximum Gasteiger partial charge on any atom is 0.0610 e. The van der Waals surface area contributed by atoms with Gasteiger partial charge in [-0.1, -0.05) is 20.3 Å². The molecule has 0 aliphatic heterocycles. The Labute approximate surface area is 94.5 Å². The van der Waals surface area contributed by atoms with Gasteiger partial charge in [0.1, 0.15) is 0 Å². The van der Waals surface area contributed by atoms with Crippen LogP contribution in [0.15, 0.2) is 0 Å². The van der Waals surface area contributed by atoms with Gasteiger partial charge in [0.2, 0.25) is 0 Å². The summed E-state index contributed by atoms with van der Waals surface area (Å²) in [6, 6.07) is 0.630.